The summed E-state index contributed by atoms with van der Waals surface area (Å²) in [5.41, 5.74) is 0. The smallest absolute Gasteiger partial charge is 0.264 e. The fourth-order valence-corrected chi connectivity index (χ4v) is 1.89. The van der Waals surface area contributed by atoms with Crippen LogP contribution in [-0.2, 0) is 14.6 Å². The molecule has 96 valence electrons. The summed E-state index contributed by atoms with van der Waals surface area (Å²) < 4.78 is 33.7. The summed E-state index contributed by atoms with van der Waals surface area (Å²) >= 11 is 0. The predicted octanol–water partition coefficient (Wildman–Crippen LogP) is 2.97. The molecule has 0 radical (unpaired) electrons. The number of unbranched alkanes of at least 4 members (excludes halogenated alkanes) is 1. The van der Waals surface area contributed by atoms with Gasteiger partial charge < -0.3 is 0 Å². The van der Waals surface area contributed by atoms with E-state index in [0.717, 1.165) is 25.7 Å². The summed E-state index contributed by atoms with van der Waals surface area (Å²) in [6.45, 7) is 5.82. The van der Waals surface area contributed by atoms with Crippen molar-refractivity contribution in [2.75, 3.05) is 0 Å². The van der Waals surface area contributed by atoms with Crippen molar-refractivity contribution in [1.82, 2.24) is 0 Å². The van der Waals surface area contributed by atoms with E-state index in [1.165, 1.54) is 0 Å². The van der Waals surface area contributed by atoms with Crippen LogP contribution in [0.2, 0.25) is 0 Å². The Morgan fingerprint density at radius 3 is 2.38 bits per heavy atom. The van der Waals surface area contributed by atoms with Crippen molar-refractivity contribution < 1.29 is 17.2 Å². The third kappa shape index (κ3) is 8.88. The van der Waals surface area contributed by atoms with Crippen LogP contribution in [-0.4, -0.2) is 19.1 Å². The zero-order valence-electron chi connectivity index (χ0n) is 10.2. The van der Waals surface area contributed by atoms with Gasteiger partial charge in [0.2, 0.25) is 0 Å². The summed E-state index contributed by atoms with van der Waals surface area (Å²) in [5, 5.41) is 0. The molecule has 0 aliphatic heterocycles. The highest BCUT2D eigenvalue weighted by molar-refractivity contribution is 7.80. The van der Waals surface area contributed by atoms with E-state index >= 15 is 0 Å². The summed E-state index contributed by atoms with van der Waals surface area (Å²) in [7, 11) is -4.35. The molecule has 1 N–H and O–H groups in total. The van der Waals surface area contributed by atoms with Gasteiger partial charge in [0.05, 0.1) is 6.10 Å². The van der Waals surface area contributed by atoms with Gasteiger partial charge >= 0.3 is 10.4 Å². The van der Waals surface area contributed by atoms with E-state index in [0.29, 0.717) is 5.92 Å². The van der Waals surface area contributed by atoms with Crippen LogP contribution in [0.1, 0.15) is 46.5 Å². The van der Waals surface area contributed by atoms with E-state index in [-0.39, 0.29) is 0 Å². The number of rotatable bonds is 8. The fourth-order valence-electron chi connectivity index (χ4n) is 1.44. The summed E-state index contributed by atoms with van der Waals surface area (Å²) in [5.74, 6) is 0.451. The molecule has 0 aliphatic carbocycles. The number of hydrogen-bond acceptors (Lipinski definition) is 3. The lowest BCUT2D eigenvalue weighted by Crippen LogP contribution is -2.12. The quantitative estimate of drug-likeness (QED) is 0.531. The molecule has 0 saturated carbocycles. The van der Waals surface area contributed by atoms with Crippen LogP contribution in [0.4, 0.5) is 0 Å². The molecule has 0 aliphatic rings. The highest BCUT2D eigenvalue weighted by Gasteiger charge is 2.09. The van der Waals surface area contributed by atoms with Gasteiger partial charge in [-0.05, 0) is 25.7 Å². The molecule has 5 heteroatoms. The fraction of sp³-hybridized carbons (Fsp3) is 0.818. The normalized spacial score (nSPS) is 16.5. The molecular weight excluding hydrogens is 228 g/mol. The van der Waals surface area contributed by atoms with Gasteiger partial charge in [0, 0.05) is 0 Å². The second-order valence-corrected chi connectivity index (χ2v) is 4.97. The minimum atomic E-state index is -4.35. The van der Waals surface area contributed by atoms with E-state index in [4.69, 9.17) is 4.55 Å². The van der Waals surface area contributed by atoms with Gasteiger partial charge in [-0.15, -0.1) is 0 Å². The molecule has 0 fully saturated rings. The predicted molar refractivity (Wildman–Crippen MR) is 64.5 cm³/mol. The second-order valence-electron chi connectivity index (χ2n) is 3.92. The molecule has 0 spiro atoms. The Balaban J connectivity index is 4.12. The van der Waals surface area contributed by atoms with Gasteiger partial charge in [-0.1, -0.05) is 38.8 Å². The zero-order chi connectivity index (χ0) is 12.6. The number of hydrogen-bond donors (Lipinski definition) is 1. The highest BCUT2D eigenvalue weighted by Crippen LogP contribution is 2.14. The van der Waals surface area contributed by atoms with Crippen LogP contribution in [0.25, 0.3) is 0 Å². The first-order valence-electron chi connectivity index (χ1n) is 5.73. The standard InChI is InChI=1S/C11H22O4S/c1-4-6-7-11(5-2)9-8-10(3)15-16(12,13)14/h8-11H,4-7H2,1-3H3,(H,12,13,14)/b9-8+. The summed E-state index contributed by atoms with van der Waals surface area (Å²) in [6.07, 6.45) is 7.46. The molecule has 2 atom stereocenters. The van der Waals surface area contributed by atoms with Crippen LogP contribution < -0.4 is 0 Å². The monoisotopic (exact) mass is 250 g/mol. The average molecular weight is 250 g/mol. The van der Waals surface area contributed by atoms with Gasteiger partial charge in [-0.25, -0.2) is 4.18 Å². The topological polar surface area (TPSA) is 63.6 Å². The van der Waals surface area contributed by atoms with Crippen LogP contribution in [0.5, 0.6) is 0 Å². The Morgan fingerprint density at radius 2 is 1.94 bits per heavy atom. The van der Waals surface area contributed by atoms with E-state index in [1.807, 2.05) is 6.08 Å². The Bertz CT molecular complexity index is 295. The van der Waals surface area contributed by atoms with Crippen molar-refractivity contribution >= 4 is 10.4 Å². The summed E-state index contributed by atoms with van der Waals surface area (Å²) in [6, 6.07) is 0. The van der Waals surface area contributed by atoms with E-state index in [9.17, 15) is 8.42 Å². The average Bonchev–Trinajstić information content (AvgIpc) is 2.15. The molecule has 0 saturated heterocycles. The third-order valence-electron chi connectivity index (χ3n) is 2.38. The van der Waals surface area contributed by atoms with Gasteiger partial charge in [-0.2, -0.15) is 8.42 Å². The highest BCUT2D eigenvalue weighted by atomic mass is 32.3. The lowest BCUT2D eigenvalue weighted by molar-refractivity contribution is 0.233. The minimum absolute atomic E-state index is 0.451. The molecule has 0 aromatic carbocycles. The van der Waals surface area contributed by atoms with Gasteiger partial charge in [0.1, 0.15) is 0 Å². The Kier molecular flexibility index (Phi) is 7.62. The first-order valence-corrected chi connectivity index (χ1v) is 7.09. The first kappa shape index (κ1) is 15.6. The molecule has 16 heavy (non-hydrogen) atoms. The SMILES string of the molecule is CCCCC(/C=C/C(C)OS(=O)(=O)O)CC. The molecule has 0 heterocycles. The Labute approximate surface area is 98.7 Å². The first-order chi connectivity index (χ1) is 7.39. The minimum Gasteiger partial charge on any atom is -0.264 e. The van der Waals surface area contributed by atoms with Crippen molar-refractivity contribution in [3.63, 3.8) is 0 Å². The molecule has 0 amide bonds. The van der Waals surface area contributed by atoms with Crippen LogP contribution in [0.3, 0.4) is 0 Å². The largest absolute Gasteiger partial charge is 0.397 e. The van der Waals surface area contributed by atoms with Crippen molar-refractivity contribution in [3.05, 3.63) is 12.2 Å². The maximum Gasteiger partial charge on any atom is 0.397 e. The maximum atomic E-state index is 10.4. The lowest BCUT2D eigenvalue weighted by Gasteiger charge is -2.10. The van der Waals surface area contributed by atoms with Crippen molar-refractivity contribution in [2.24, 2.45) is 5.92 Å². The molecule has 0 aromatic rings. The van der Waals surface area contributed by atoms with Crippen LogP contribution >= 0.6 is 0 Å². The van der Waals surface area contributed by atoms with Gasteiger partial charge in [0.15, 0.2) is 0 Å². The molecule has 4 nitrogen and oxygen atoms in total. The van der Waals surface area contributed by atoms with E-state index < -0.39 is 16.5 Å². The van der Waals surface area contributed by atoms with Gasteiger partial charge in [0.25, 0.3) is 0 Å². The van der Waals surface area contributed by atoms with Crippen LogP contribution in [0.15, 0.2) is 12.2 Å². The Hall–Kier alpha value is -0.390. The molecular formula is C11H22O4S. The molecule has 0 aromatic heterocycles. The third-order valence-corrected chi connectivity index (χ3v) is 2.93. The second kappa shape index (κ2) is 7.81. The molecule has 2 unspecified atom stereocenters. The van der Waals surface area contributed by atoms with Crippen LogP contribution in [0, 0.1) is 5.92 Å². The van der Waals surface area contributed by atoms with Crippen molar-refractivity contribution in [1.29, 1.82) is 0 Å². The Morgan fingerprint density at radius 1 is 1.31 bits per heavy atom. The molecule has 0 rings (SSSR count). The lowest BCUT2D eigenvalue weighted by atomic mass is 9.98. The zero-order valence-corrected chi connectivity index (χ0v) is 11.0. The molecule has 0 bridgehead atoms. The summed E-state index contributed by atoms with van der Waals surface area (Å²) in [4.78, 5) is 0. The van der Waals surface area contributed by atoms with E-state index in [2.05, 4.69) is 18.0 Å². The van der Waals surface area contributed by atoms with Gasteiger partial charge in [-0.3, -0.25) is 4.55 Å². The van der Waals surface area contributed by atoms with Crippen molar-refractivity contribution in [2.45, 2.75) is 52.6 Å². The van der Waals surface area contributed by atoms with Crippen molar-refractivity contribution in [3.8, 4) is 0 Å². The number of allylic oxidation sites excluding steroid dienone is 1. The maximum absolute atomic E-state index is 10.4. The van der Waals surface area contributed by atoms with E-state index in [1.54, 1.807) is 13.0 Å².